The SMILES string of the molecule is O=C(Cn1[nH]c(=O)ccc1=O)N1CCCO1. The Hall–Kier alpha value is -1.89. The molecular weight excluding hydrogens is 214 g/mol. The Labute approximate surface area is 90.2 Å². The number of nitrogens with zero attached hydrogens (tertiary/aromatic N) is 2. The van der Waals surface area contributed by atoms with Gasteiger partial charge in [-0.25, -0.2) is 9.75 Å². The second-order valence-corrected chi connectivity index (χ2v) is 3.42. The number of H-pyrrole nitrogens is 1. The van der Waals surface area contributed by atoms with Gasteiger partial charge >= 0.3 is 0 Å². The van der Waals surface area contributed by atoms with E-state index in [1.165, 1.54) is 5.06 Å². The van der Waals surface area contributed by atoms with Crippen LogP contribution >= 0.6 is 0 Å². The van der Waals surface area contributed by atoms with Crippen molar-refractivity contribution in [3.63, 3.8) is 0 Å². The van der Waals surface area contributed by atoms with Gasteiger partial charge in [0, 0.05) is 12.1 Å². The smallest absolute Gasteiger partial charge is 0.267 e. The molecule has 1 aliphatic rings. The standard InChI is InChI=1S/C9H11N3O4/c13-7-2-3-8(14)11(10-7)6-9(15)12-4-1-5-16-12/h2-3H,1,4-6H2,(H,10,13). The van der Waals surface area contributed by atoms with Gasteiger partial charge in [0.2, 0.25) is 0 Å². The molecule has 0 unspecified atom stereocenters. The Morgan fingerprint density at radius 1 is 1.44 bits per heavy atom. The van der Waals surface area contributed by atoms with Crippen LogP contribution in [0.25, 0.3) is 0 Å². The number of hydroxylamine groups is 2. The second-order valence-electron chi connectivity index (χ2n) is 3.42. The number of hydrogen-bond acceptors (Lipinski definition) is 4. The summed E-state index contributed by atoms with van der Waals surface area (Å²) in [6.07, 6.45) is 0.784. The van der Waals surface area contributed by atoms with Crippen molar-refractivity contribution in [3.8, 4) is 0 Å². The zero-order valence-electron chi connectivity index (χ0n) is 8.51. The van der Waals surface area contributed by atoms with Gasteiger partial charge < -0.3 is 0 Å². The van der Waals surface area contributed by atoms with Gasteiger partial charge in [-0.15, -0.1) is 0 Å². The minimum Gasteiger partial charge on any atom is -0.271 e. The molecule has 0 saturated carbocycles. The highest BCUT2D eigenvalue weighted by Gasteiger charge is 2.19. The molecule has 86 valence electrons. The molecule has 0 aliphatic carbocycles. The number of nitrogens with one attached hydrogen (secondary N) is 1. The fourth-order valence-electron chi connectivity index (χ4n) is 1.44. The topological polar surface area (TPSA) is 84.4 Å². The van der Waals surface area contributed by atoms with E-state index in [9.17, 15) is 14.4 Å². The molecule has 1 saturated heterocycles. The van der Waals surface area contributed by atoms with Gasteiger partial charge in [0.05, 0.1) is 13.2 Å². The van der Waals surface area contributed by atoms with E-state index in [2.05, 4.69) is 5.10 Å². The monoisotopic (exact) mass is 225 g/mol. The predicted octanol–water partition coefficient (Wildman–Crippen LogP) is -1.30. The van der Waals surface area contributed by atoms with Crippen LogP contribution in [-0.2, 0) is 16.2 Å². The first-order chi connectivity index (χ1) is 7.66. The van der Waals surface area contributed by atoms with Gasteiger partial charge in [-0.05, 0) is 6.42 Å². The maximum atomic E-state index is 11.6. The van der Waals surface area contributed by atoms with Crippen LogP contribution in [-0.4, -0.2) is 33.9 Å². The fourth-order valence-corrected chi connectivity index (χ4v) is 1.44. The number of hydrogen-bond donors (Lipinski definition) is 1. The zero-order chi connectivity index (χ0) is 11.5. The van der Waals surface area contributed by atoms with Crippen molar-refractivity contribution in [1.29, 1.82) is 0 Å². The van der Waals surface area contributed by atoms with E-state index in [1.807, 2.05) is 0 Å². The molecule has 2 heterocycles. The molecule has 7 nitrogen and oxygen atoms in total. The molecule has 0 spiro atoms. The normalized spacial score (nSPS) is 15.4. The van der Waals surface area contributed by atoms with Crippen LogP contribution in [0.2, 0.25) is 0 Å². The van der Waals surface area contributed by atoms with Crippen LogP contribution < -0.4 is 11.1 Å². The Morgan fingerprint density at radius 3 is 2.94 bits per heavy atom. The first-order valence-electron chi connectivity index (χ1n) is 4.90. The molecule has 1 amide bonds. The quantitative estimate of drug-likeness (QED) is 0.678. The number of aromatic amines is 1. The molecule has 1 aromatic heterocycles. The van der Waals surface area contributed by atoms with Crippen LogP contribution in [0.3, 0.4) is 0 Å². The minimum atomic E-state index is -0.424. The number of carbonyl (C=O) groups is 1. The van der Waals surface area contributed by atoms with E-state index in [0.29, 0.717) is 13.2 Å². The van der Waals surface area contributed by atoms with Crippen LogP contribution in [0, 0.1) is 0 Å². The van der Waals surface area contributed by atoms with E-state index >= 15 is 0 Å². The molecule has 1 fully saturated rings. The zero-order valence-corrected chi connectivity index (χ0v) is 8.51. The maximum Gasteiger partial charge on any atom is 0.267 e. The molecular formula is C9H11N3O4. The van der Waals surface area contributed by atoms with Gasteiger partial charge in [-0.3, -0.25) is 24.3 Å². The van der Waals surface area contributed by atoms with Crippen molar-refractivity contribution in [2.45, 2.75) is 13.0 Å². The number of rotatable bonds is 2. The summed E-state index contributed by atoms with van der Waals surface area (Å²) in [5.74, 6) is -0.346. The van der Waals surface area contributed by atoms with Crippen molar-refractivity contribution in [2.24, 2.45) is 0 Å². The lowest BCUT2D eigenvalue weighted by atomic mass is 10.4. The minimum absolute atomic E-state index is 0.213. The largest absolute Gasteiger partial charge is 0.271 e. The molecule has 16 heavy (non-hydrogen) atoms. The summed E-state index contributed by atoms with van der Waals surface area (Å²) in [7, 11) is 0. The molecule has 0 aromatic carbocycles. The molecule has 0 atom stereocenters. The average molecular weight is 225 g/mol. The van der Waals surface area contributed by atoms with Crippen molar-refractivity contribution in [3.05, 3.63) is 32.8 Å². The van der Waals surface area contributed by atoms with Gasteiger partial charge in [0.1, 0.15) is 6.54 Å². The van der Waals surface area contributed by atoms with Crippen molar-refractivity contribution < 1.29 is 9.63 Å². The number of carbonyl (C=O) groups excluding carboxylic acids is 1. The molecule has 7 heteroatoms. The summed E-state index contributed by atoms with van der Waals surface area (Å²) < 4.78 is 0.965. The first-order valence-corrected chi connectivity index (χ1v) is 4.90. The van der Waals surface area contributed by atoms with Gasteiger partial charge in [-0.2, -0.15) is 0 Å². The van der Waals surface area contributed by atoms with Gasteiger partial charge in [0.25, 0.3) is 17.0 Å². The van der Waals surface area contributed by atoms with Gasteiger partial charge in [0.15, 0.2) is 0 Å². The van der Waals surface area contributed by atoms with Crippen molar-refractivity contribution in [2.75, 3.05) is 13.2 Å². The van der Waals surface area contributed by atoms with Crippen LogP contribution in [0.1, 0.15) is 6.42 Å². The summed E-state index contributed by atoms with van der Waals surface area (Å²) in [6.45, 7) is 0.811. The Kier molecular flexibility index (Phi) is 2.86. The third kappa shape index (κ3) is 2.19. The lowest BCUT2D eigenvalue weighted by molar-refractivity contribution is -0.169. The van der Waals surface area contributed by atoms with Crippen molar-refractivity contribution in [1.82, 2.24) is 14.8 Å². The molecule has 2 rings (SSSR count). The second kappa shape index (κ2) is 4.31. The van der Waals surface area contributed by atoms with E-state index in [-0.39, 0.29) is 12.5 Å². The predicted molar refractivity (Wildman–Crippen MR) is 53.6 cm³/mol. The molecule has 1 aliphatic heterocycles. The highest BCUT2D eigenvalue weighted by molar-refractivity contribution is 5.74. The lowest BCUT2D eigenvalue weighted by Gasteiger charge is -2.13. The molecule has 1 aromatic rings. The average Bonchev–Trinajstić information content (AvgIpc) is 2.76. The summed E-state index contributed by atoms with van der Waals surface area (Å²) in [5, 5.41) is 3.48. The first kappa shape index (κ1) is 10.6. The van der Waals surface area contributed by atoms with E-state index in [4.69, 9.17) is 4.84 Å². The Bertz CT molecular complexity index is 498. The molecule has 0 bridgehead atoms. The maximum absolute atomic E-state index is 11.6. The fraction of sp³-hybridized carbons (Fsp3) is 0.444. The van der Waals surface area contributed by atoms with E-state index in [1.54, 1.807) is 0 Å². The van der Waals surface area contributed by atoms with Gasteiger partial charge in [-0.1, -0.05) is 0 Å². The van der Waals surface area contributed by atoms with Crippen LogP contribution in [0.5, 0.6) is 0 Å². The molecule has 1 N–H and O–H groups in total. The van der Waals surface area contributed by atoms with Crippen molar-refractivity contribution >= 4 is 5.91 Å². The third-order valence-electron chi connectivity index (χ3n) is 2.21. The van der Waals surface area contributed by atoms with E-state index < -0.39 is 11.1 Å². The lowest BCUT2D eigenvalue weighted by Crippen LogP contribution is -2.36. The van der Waals surface area contributed by atoms with Crippen LogP contribution in [0.4, 0.5) is 0 Å². The summed E-state index contributed by atoms with van der Waals surface area (Å²) in [6, 6.07) is 2.24. The number of aromatic nitrogens is 2. The van der Waals surface area contributed by atoms with Crippen LogP contribution in [0.15, 0.2) is 21.7 Å². The Morgan fingerprint density at radius 2 is 2.25 bits per heavy atom. The molecule has 0 radical (unpaired) electrons. The Balaban J connectivity index is 2.14. The number of amides is 1. The third-order valence-corrected chi connectivity index (χ3v) is 2.21. The highest BCUT2D eigenvalue weighted by Crippen LogP contribution is 2.04. The summed E-state index contributed by atoms with van der Waals surface area (Å²) >= 11 is 0. The summed E-state index contributed by atoms with van der Waals surface area (Å²) in [5.41, 5.74) is -0.845. The highest BCUT2D eigenvalue weighted by atomic mass is 16.7. The summed E-state index contributed by atoms with van der Waals surface area (Å²) in [4.78, 5) is 38.9. The van der Waals surface area contributed by atoms with E-state index in [0.717, 1.165) is 23.2 Å².